The maximum Gasteiger partial charge on any atom is 0.418 e. The number of likely N-dealkylation sites (N-methyl/N-ethyl adjacent to an activating group) is 1. The lowest BCUT2D eigenvalue weighted by Crippen LogP contribution is -2.65. The van der Waals surface area contributed by atoms with Gasteiger partial charge in [0, 0.05) is 23.3 Å². The number of nitrogens with zero attached hydrogens (tertiary/aromatic N) is 2. The topological polar surface area (TPSA) is 193 Å². The van der Waals surface area contributed by atoms with Crippen LogP contribution in [0.4, 0.5) is 4.79 Å². The summed E-state index contributed by atoms with van der Waals surface area (Å²) >= 11 is 0. The van der Waals surface area contributed by atoms with Crippen molar-refractivity contribution in [3.05, 3.63) is 58.5 Å². The number of ether oxygens (including phenoxy) is 1. The second-order valence-electron chi connectivity index (χ2n) is 12.2. The summed E-state index contributed by atoms with van der Waals surface area (Å²) in [4.78, 5) is 53.8. The number of aromatic hydroxyl groups is 1. The van der Waals surface area contributed by atoms with Gasteiger partial charge in [0.15, 0.2) is 11.4 Å². The van der Waals surface area contributed by atoms with Crippen LogP contribution in [0.25, 0.3) is 17.0 Å². The Kier molecular flexibility index (Phi) is 6.62. The fraction of sp³-hybridized carbons (Fsp3) is 0.400. The lowest BCUT2D eigenvalue weighted by molar-refractivity contribution is -0.153. The molecule has 4 unspecified atom stereocenters. The molecular formula is C30H33N3O9. The molecule has 3 aliphatic rings. The van der Waals surface area contributed by atoms with Gasteiger partial charge in [-0.1, -0.05) is 0 Å². The Balaban J connectivity index is 1.70. The van der Waals surface area contributed by atoms with E-state index in [1.54, 1.807) is 39.0 Å². The largest absolute Gasteiger partial charge is 0.508 e. The van der Waals surface area contributed by atoms with E-state index in [4.69, 9.17) is 10.5 Å². The molecule has 0 saturated heterocycles. The van der Waals surface area contributed by atoms with Crippen molar-refractivity contribution in [1.82, 2.24) is 9.47 Å². The third-order valence-corrected chi connectivity index (χ3v) is 8.22. The smallest absolute Gasteiger partial charge is 0.418 e. The number of carbonyl (C=O) groups is 4. The summed E-state index contributed by atoms with van der Waals surface area (Å²) in [6, 6.07) is 5.04. The SMILES string of the molecule is CN(C)C1C(=O)C(C(N)=O)=C(O)C2(O)C(=O)C3=C(O)c4c(O)ccc(-c5cccn5C(=O)OC(C)(C)C)c4CC3CC12. The van der Waals surface area contributed by atoms with Crippen molar-refractivity contribution in [3.63, 3.8) is 0 Å². The van der Waals surface area contributed by atoms with Gasteiger partial charge in [0.1, 0.15) is 28.4 Å². The first-order valence-electron chi connectivity index (χ1n) is 13.4. The number of carbonyl (C=O) groups excluding carboxylic acids is 4. The first-order chi connectivity index (χ1) is 19.5. The zero-order valence-electron chi connectivity index (χ0n) is 23.8. The highest BCUT2D eigenvalue weighted by Gasteiger charge is 2.64. The average Bonchev–Trinajstić information content (AvgIpc) is 3.35. The number of nitrogens with two attached hydrogens (primary N) is 1. The molecule has 4 atom stereocenters. The maximum absolute atomic E-state index is 14.0. The molecule has 1 aromatic heterocycles. The van der Waals surface area contributed by atoms with E-state index in [-0.39, 0.29) is 29.7 Å². The van der Waals surface area contributed by atoms with Crippen LogP contribution < -0.4 is 5.73 Å². The Bertz CT molecular complexity index is 1620. The molecule has 12 nitrogen and oxygen atoms in total. The molecule has 6 N–H and O–H groups in total. The number of primary amides is 1. The minimum Gasteiger partial charge on any atom is -0.508 e. The van der Waals surface area contributed by atoms with Crippen molar-refractivity contribution < 1.29 is 44.3 Å². The minimum atomic E-state index is -2.72. The van der Waals surface area contributed by atoms with Gasteiger partial charge in [-0.3, -0.25) is 23.9 Å². The number of aromatic nitrogens is 1. The van der Waals surface area contributed by atoms with Crippen LogP contribution in [0.5, 0.6) is 5.75 Å². The molecule has 1 saturated carbocycles. The number of amides is 1. The standard InChI is InChI=1S/C30H33N3O9/c1-29(2,3)42-28(40)33-10-6-7-17(33)14-8-9-18(34)20-15(14)11-13-12-16-22(32(4)5)24(36)21(27(31)39)26(38)30(16,41)25(37)19(13)23(20)35/h6-10,13,16,22,34-35,38,41H,11-12H2,1-5H3,(H2,31,39). The van der Waals surface area contributed by atoms with Crippen molar-refractivity contribution >= 4 is 29.3 Å². The lowest BCUT2D eigenvalue weighted by Gasteiger charge is -2.50. The van der Waals surface area contributed by atoms with Gasteiger partial charge < -0.3 is 30.9 Å². The summed E-state index contributed by atoms with van der Waals surface area (Å²) in [5.41, 5.74) is 2.02. The predicted molar refractivity (Wildman–Crippen MR) is 149 cm³/mol. The van der Waals surface area contributed by atoms with E-state index in [9.17, 15) is 39.6 Å². The average molecular weight is 580 g/mol. The van der Waals surface area contributed by atoms with Crippen LogP contribution in [0.2, 0.25) is 0 Å². The van der Waals surface area contributed by atoms with Gasteiger partial charge in [-0.05, 0) is 83.5 Å². The summed E-state index contributed by atoms with van der Waals surface area (Å²) in [5.74, 6) is -7.27. The van der Waals surface area contributed by atoms with E-state index in [1.807, 2.05) is 0 Å². The summed E-state index contributed by atoms with van der Waals surface area (Å²) in [5, 5.41) is 45.0. The van der Waals surface area contributed by atoms with Crippen LogP contribution in [-0.2, 0) is 25.5 Å². The van der Waals surface area contributed by atoms with E-state index < -0.39 is 69.7 Å². The van der Waals surface area contributed by atoms with E-state index in [0.717, 1.165) is 0 Å². The van der Waals surface area contributed by atoms with Crippen molar-refractivity contribution in [2.24, 2.45) is 17.6 Å². The molecule has 2 aromatic rings. The van der Waals surface area contributed by atoms with E-state index in [1.165, 1.54) is 35.8 Å². The molecule has 0 bridgehead atoms. The van der Waals surface area contributed by atoms with Gasteiger partial charge in [0.05, 0.1) is 17.3 Å². The number of aliphatic hydroxyl groups excluding tert-OH is 2. The lowest BCUT2D eigenvalue weighted by atomic mass is 9.57. The molecule has 12 heteroatoms. The fourth-order valence-corrected chi connectivity index (χ4v) is 6.55. The van der Waals surface area contributed by atoms with E-state index in [2.05, 4.69) is 0 Å². The van der Waals surface area contributed by atoms with Crippen molar-refractivity contribution in [2.75, 3.05) is 14.1 Å². The van der Waals surface area contributed by atoms with Crippen LogP contribution in [0.1, 0.15) is 38.3 Å². The van der Waals surface area contributed by atoms with Gasteiger partial charge in [0.25, 0.3) is 5.91 Å². The summed E-state index contributed by atoms with van der Waals surface area (Å²) in [6.45, 7) is 5.20. The van der Waals surface area contributed by atoms with Crippen LogP contribution in [0.3, 0.4) is 0 Å². The maximum atomic E-state index is 14.0. The van der Waals surface area contributed by atoms with E-state index in [0.29, 0.717) is 16.8 Å². The number of phenolic OH excluding ortho intramolecular Hbond substituents is 1. The number of hydrogen-bond donors (Lipinski definition) is 5. The van der Waals surface area contributed by atoms with Crippen molar-refractivity contribution in [3.8, 4) is 17.0 Å². The van der Waals surface area contributed by atoms with Crippen LogP contribution in [0, 0.1) is 11.8 Å². The fourth-order valence-electron chi connectivity index (χ4n) is 6.55. The Morgan fingerprint density at radius 3 is 2.38 bits per heavy atom. The zero-order valence-corrected chi connectivity index (χ0v) is 23.8. The number of phenols is 1. The normalized spacial score (nSPS) is 25.7. The first kappa shape index (κ1) is 29.1. The number of fused-ring (bicyclic) bond motifs is 3. The molecule has 5 rings (SSSR count). The number of benzene rings is 1. The molecule has 1 amide bonds. The second kappa shape index (κ2) is 9.57. The Labute approximate surface area is 241 Å². The Morgan fingerprint density at radius 1 is 1.12 bits per heavy atom. The third kappa shape index (κ3) is 4.12. The van der Waals surface area contributed by atoms with Gasteiger partial charge in [-0.15, -0.1) is 0 Å². The monoisotopic (exact) mass is 579 g/mol. The van der Waals surface area contributed by atoms with Crippen molar-refractivity contribution in [2.45, 2.75) is 50.9 Å². The van der Waals surface area contributed by atoms with Gasteiger partial charge in [0.2, 0.25) is 5.78 Å². The number of rotatable bonds is 3. The summed E-state index contributed by atoms with van der Waals surface area (Å²) < 4.78 is 6.83. The first-order valence-corrected chi connectivity index (χ1v) is 13.4. The highest BCUT2D eigenvalue weighted by atomic mass is 16.6. The molecule has 42 heavy (non-hydrogen) atoms. The Hall–Kier alpha value is -4.42. The highest BCUT2D eigenvalue weighted by Crippen LogP contribution is 2.53. The molecule has 0 aliphatic heterocycles. The number of ketones is 2. The molecule has 0 radical (unpaired) electrons. The molecule has 3 aliphatic carbocycles. The van der Waals surface area contributed by atoms with Crippen LogP contribution >= 0.6 is 0 Å². The minimum absolute atomic E-state index is 0.0477. The van der Waals surface area contributed by atoms with Crippen LogP contribution in [-0.4, -0.2) is 84.8 Å². The molecule has 1 fully saturated rings. The van der Waals surface area contributed by atoms with Crippen LogP contribution in [0.15, 0.2) is 47.4 Å². The second-order valence-corrected chi connectivity index (χ2v) is 12.2. The third-order valence-electron chi connectivity index (χ3n) is 8.22. The number of Topliss-reactive ketones (excluding diaryl/α,β-unsaturated/α-hetero) is 2. The zero-order chi connectivity index (χ0) is 31.0. The predicted octanol–water partition coefficient (Wildman–Crippen LogP) is 2.22. The molecule has 0 spiro atoms. The van der Waals surface area contributed by atoms with Gasteiger partial charge >= 0.3 is 6.09 Å². The molecular weight excluding hydrogens is 546 g/mol. The van der Waals surface area contributed by atoms with Gasteiger partial charge in [-0.25, -0.2) is 4.79 Å². The Morgan fingerprint density at radius 2 is 1.79 bits per heavy atom. The molecule has 1 aromatic carbocycles. The number of hydrogen-bond acceptors (Lipinski definition) is 10. The van der Waals surface area contributed by atoms with Gasteiger partial charge in [-0.2, -0.15) is 0 Å². The summed E-state index contributed by atoms with van der Waals surface area (Å²) in [6.07, 6.45) is 0.920. The number of aliphatic hydroxyl groups is 3. The highest BCUT2D eigenvalue weighted by molar-refractivity contribution is 6.24. The molecule has 222 valence electrons. The van der Waals surface area contributed by atoms with Crippen molar-refractivity contribution in [1.29, 1.82) is 0 Å². The molecule has 1 heterocycles. The quantitative estimate of drug-likeness (QED) is 0.337. The summed E-state index contributed by atoms with van der Waals surface area (Å²) in [7, 11) is 3.07. The van der Waals surface area contributed by atoms with E-state index >= 15 is 0 Å².